The molecule has 0 spiro atoms. The molecule has 0 bridgehead atoms. The highest BCUT2D eigenvalue weighted by Gasteiger charge is 2.50. The van der Waals surface area contributed by atoms with Crippen molar-refractivity contribution in [3.63, 3.8) is 0 Å². The van der Waals surface area contributed by atoms with E-state index in [1.165, 1.54) is 5.06 Å². The Morgan fingerprint density at radius 2 is 1.32 bits per heavy atom. The summed E-state index contributed by atoms with van der Waals surface area (Å²) in [7, 11) is 0. The van der Waals surface area contributed by atoms with Crippen LogP contribution in [0.1, 0.15) is 51.3 Å². The Balaban J connectivity index is 1.68. The van der Waals surface area contributed by atoms with Crippen molar-refractivity contribution in [3.8, 4) is 0 Å². The lowest BCUT2D eigenvalue weighted by molar-refractivity contribution is -0.188. The third kappa shape index (κ3) is 8.63. The predicted octanol–water partition coefficient (Wildman–Crippen LogP) is 6.15. The maximum atomic E-state index is 13.0. The Kier molecular flexibility index (Phi) is 9.64. The second-order valence-corrected chi connectivity index (χ2v) is 11.8. The lowest BCUT2D eigenvalue weighted by atomic mass is 9.91. The van der Waals surface area contributed by atoms with Gasteiger partial charge in [-0.25, -0.2) is 4.79 Å². The first-order chi connectivity index (χ1) is 19.0. The lowest BCUT2D eigenvalue weighted by Gasteiger charge is -2.35. The number of rotatable bonds is 10. The highest BCUT2D eigenvalue weighted by molar-refractivity contribution is 5.68. The van der Waals surface area contributed by atoms with Gasteiger partial charge in [-0.1, -0.05) is 91.0 Å². The molecule has 1 fully saturated rings. The molecule has 0 radical (unpaired) electrons. The highest BCUT2D eigenvalue weighted by atomic mass is 16.8. The van der Waals surface area contributed by atoms with Crippen LogP contribution >= 0.6 is 0 Å². The third-order valence-corrected chi connectivity index (χ3v) is 6.80. The number of ether oxygens (including phenoxy) is 3. The molecule has 4 atom stereocenters. The van der Waals surface area contributed by atoms with Crippen molar-refractivity contribution < 1.29 is 24.2 Å². The molecule has 1 saturated heterocycles. The molecule has 7 heteroatoms. The molecule has 0 saturated carbocycles. The number of hydrogen-bond acceptors (Lipinski definition) is 6. The number of amides is 1. The summed E-state index contributed by atoms with van der Waals surface area (Å²) in [6.45, 7) is 9.56. The average Bonchev–Trinajstić information content (AvgIpc) is 3.22. The molecule has 1 aliphatic rings. The van der Waals surface area contributed by atoms with E-state index in [1.54, 1.807) is 0 Å². The second-order valence-electron chi connectivity index (χ2n) is 11.8. The van der Waals surface area contributed by atoms with E-state index < -0.39 is 41.8 Å². The molecule has 4 rings (SSSR count). The van der Waals surface area contributed by atoms with E-state index >= 15 is 0 Å². The molecule has 0 unspecified atom stereocenters. The van der Waals surface area contributed by atoms with Gasteiger partial charge in [0.15, 0.2) is 5.79 Å². The maximum Gasteiger partial charge on any atom is 0.407 e. The zero-order valence-electron chi connectivity index (χ0n) is 24.1. The topological polar surface area (TPSA) is 80.3 Å². The van der Waals surface area contributed by atoms with Gasteiger partial charge in [-0.3, -0.25) is 0 Å². The van der Waals surface area contributed by atoms with Gasteiger partial charge >= 0.3 is 6.09 Å². The summed E-state index contributed by atoms with van der Waals surface area (Å²) in [4.78, 5) is 13.0. The van der Waals surface area contributed by atoms with Gasteiger partial charge in [-0.2, -0.15) is 5.06 Å². The first kappa shape index (κ1) is 29.7. The van der Waals surface area contributed by atoms with E-state index in [-0.39, 0.29) is 0 Å². The molecule has 3 aromatic rings. The van der Waals surface area contributed by atoms with Crippen molar-refractivity contribution in [1.82, 2.24) is 10.4 Å². The molecule has 40 heavy (non-hydrogen) atoms. The van der Waals surface area contributed by atoms with E-state index in [0.717, 1.165) is 16.7 Å². The number of alkyl carbamates (subject to hydrolysis) is 1. The van der Waals surface area contributed by atoms with Gasteiger partial charge in [0.1, 0.15) is 17.8 Å². The Hall–Kier alpha value is -3.23. The Morgan fingerprint density at radius 1 is 0.850 bits per heavy atom. The molecule has 3 aromatic carbocycles. The molecular formula is C33H42N2O5. The fourth-order valence-corrected chi connectivity index (χ4v) is 5.14. The Morgan fingerprint density at radius 3 is 1.85 bits per heavy atom. The quantitative estimate of drug-likeness (QED) is 0.297. The van der Waals surface area contributed by atoms with E-state index in [0.29, 0.717) is 19.4 Å². The molecular weight excluding hydrogens is 504 g/mol. The fourth-order valence-electron chi connectivity index (χ4n) is 5.14. The van der Waals surface area contributed by atoms with Crippen LogP contribution in [0.3, 0.4) is 0 Å². The minimum Gasteiger partial charge on any atom is -0.444 e. The normalized spacial score (nSPS) is 20.2. The van der Waals surface area contributed by atoms with E-state index in [2.05, 4.69) is 5.32 Å². The van der Waals surface area contributed by atoms with Crippen LogP contribution in [0.25, 0.3) is 0 Å². The van der Waals surface area contributed by atoms with E-state index in [1.807, 2.05) is 126 Å². The van der Waals surface area contributed by atoms with Gasteiger partial charge < -0.3 is 24.7 Å². The number of benzene rings is 3. The summed E-state index contributed by atoms with van der Waals surface area (Å²) >= 11 is 0. The van der Waals surface area contributed by atoms with Gasteiger partial charge in [0, 0.05) is 6.54 Å². The first-order valence-corrected chi connectivity index (χ1v) is 13.9. The van der Waals surface area contributed by atoms with E-state index in [9.17, 15) is 10.0 Å². The molecule has 1 aliphatic heterocycles. The van der Waals surface area contributed by atoms with Crippen molar-refractivity contribution in [2.45, 2.75) is 89.7 Å². The van der Waals surface area contributed by atoms with Gasteiger partial charge in [-0.15, -0.1) is 0 Å². The summed E-state index contributed by atoms with van der Waals surface area (Å²) in [5, 5.41) is 16.0. The largest absolute Gasteiger partial charge is 0.444 e. The van der Waals surface area contributed by atoms with Crippen LogP contribution in [-0.2, 0) is 33.6 Å². The van der Waals surface area contributed by atoms with Crippen LogP contribution < -0.4 is 5.32 Å². The maximum absolute atomic E-state index is 13.0. The fraction of sp³-hybridized carbons (Fsp3) is 0.424. The zero-order chi connectivity index (χ0) is 28.8. The van der Waals surface area contributed by atoms with Crippen molar-refractivity contribution >= 4 is 6.09 Å². The van der Waals surface area contributed by atoms with Gasteiger partial charge in [0.2, 0.25) is 0 Å². The molecule has 214 valence electrons. The number of hydrogen-bond donors (Lipinski definition) is 2. The van der Waals surface area contributed by atoms with Crippen LogP contribution in [0.4, 0.5) is 4.79 Å². The van der Waals surface area contributed by atoms with Crippen LogP contribution in [0.5, 0.6) is 0 Å². The molecule has 2 N–H and O–H groups in total. The summed E-state index contributed by atoms with van der Waals surface area (Å²) < 4.78 is 18.7. The zero-order valence-corrected chi connectivity index (χ0v) is 24.1. The number of carbonyl (C=O) groups excluding carboxylic acids is 1. The monoisotopic (exact) mass is 546 g/mol. The van der Waals surface area contributed by atoms with Crippen molar-refractivity contribution in [1.29, 1.82) is 0 Å². The summed E-state index contributed by atoms with van der Waals surface area (Å²) in [6.07, 6.45) is -0.627. The molecule has 1 heterocycles. The summed E-state index contributed by atoms with van der Waals surface area (Å²) in [5.74, 6) is -0.928. The van der Waals surface area contributed by atoms with Crippen LogP contribution in [0.15, 0.2) is 91.0 Å². The third-order valence-electron chi connectivity index (χ3n) is 6.80. The summed E-state index contributed by atoms with van der Waals surface area (Å²) in [5.41, 5.74) is 2.43. The van der Waals surface area contributed by atoms with Crippen LogP contribution in [0, 0.1) is 0 Å². The number of nitrogens with zero attached hydrogens (tertiary/aromatic N) is 1. The van der Waals surface area contributed by atoms with Crippen LogP contribution in [0.2, 0.25) is 0 Å². The van der Waals surface area contributed by atoms with Gasteiger partial charge in [0.25, 0.3) is 0 Å². The van der Waals surface area contributed by atoms with Crippen LogP contribution in [-0.4, -0.2) is 52.0 Å². The van der Waals surface area contributed by atoms with Gasteiger partial charge in [-0.05, 0) is 64.2 Å². The molecule has 0 aliphatic carbocycles. The highest BCUT2D eigenvalue weighted by Crippen LogP contribution is 2.35. The Labute approximate surface area is 238 Å². The smallest absolute Gasteiger partial charge is 0.407 e. The van der Waals surface area contributed by atoms with Crippen molar-refractivity contribution in [2.24, 2.45) is 0 Å². The SMILES string of the molecule is CC(C)(C)OC(=O)N[C@H](Cc1ccccc1)[C@@H]1OC(C)(C)O[C@H]1[C@@H](Cc1ccccc1)N(O)Cc1ccccc1. The average molecular weight is 547 g/mol. The van der Waals surface area contributed by atoms with Crippen molar-refractivity contribution in [2.75, 3.05) is 0 Å². The predicted molar refractivity (Wildman–Crippen MR) is 155 cm³/mol. The number of nitrogens with one attached hydrogen (secondary N) is 1. The number of carbonyl (C=O) groups is 1. The minimum atomic E-state index is -0.928. The standard InChI is InChI=1S/C33H42N2O5/c1-32(2,3)40-31(36)34-27(21-24-15-9-6-10-16-24)29-30(39-33(4,5)38-29)28(22-25-17-11-7-12-18-25)35(37)23-26-19-13-8-14-20-26/h6-20,27-30,37H,21-23H2,1-5H3,(H,34,36)/t27-,28-,29+,30+/m1/s1. The number of hydroxylamine groups is 2. The Bertz CT molecular complexity index is 1200. The molecule has 7 nitrogen and oxygen atoms in total. The minimum absolute atomic E-state index is 0.314. The molecule has 1 amide bonds. The van der Waals surface area contributed by atoms with E-state index in [4.69, 9.17) is 14.2 Å². The van der Waals surface area contributed by atoms with Crippen molar-refractivity contribution in [3.05, 3.63) is 108 Å². The summed E-state index contributed by atoms with van der Waals surface area (Å²) in [6, 6.07) is 28.9. The van der Waals surface area contributed by atoms with Gasteiger partial charge in [0.05, 0.1) is 12.1 Å². The molecule has 0 aromatic heterocycles. The first-order valence-electron chi connectivity index (χ1n) is 13.9. The lowest BCUT2D eigenvalue weighted by Crippen LogP contribution is -2.55. The second kappa shape index (κ2) is 13.0.